The van der Waals surface area contributed by atoms with Crippen LogP contribution in [0.15, 0.2) is 27.1 Å². The van der Waals surface area contributed by atoms with Crippen LogP contribution in [0.2, 0.25) is 5.02 Å². The van der Waals surface area contributed by atoms with Crippen LogP contribution >= 0.6 is 27.5 Å². The van der Waals surface area contributed by atoms with Crippen LogP contribution in [0, 0.1) is 5.82 Å². The van der Waals surface area contributed by atoms with E-state index in [0.717, 1.165) is 11.6 Å². The Balaban J connectivity index is 2.51. The molecule has 20 heavy (non-hydrogen) atoms. The second-order valence-corrected chi connectivity index (χ2v) is 7.67. The molecule has 2 N–H and O–H groups in total. The van der Waals surface area contributed by atoms with Crippen LogP contribution in [0.5, 0.6) is 0 Å². The van der Waals surface area contributed by atoms with Crippen LogP contribution in [-0.4, -0.2) is 25.8 Å². The molecule has 0 unspecified atom stereocenters. The Morgan fingerprint density at radius 2 is 2.15 bits per heavy atom. The Labute approximate surface area is 130 Å². The van der Waals surface area contributed by atoms with Gasteiger partial charge in [-0.3, -0.25) is 0 Å². The Kier molecular flexibility index (Phi) is 4.44. The van der Waals surface area contributed by atoms with Crippen molar-refractivity contribution in [2.75, 3.05) is 18.8 Å². The summed E-state index contributed by atoms with van der Waals surface area (Å²) in [5, 5.41) is 0.0613. The van der Waals surface area contributed by atoms with Crippen LogP contribution in [0.1, 0.15) is 13.3 Å². The van der Waals surface area contributed by atoms with Crippen molar-refractivity contribution in [1.29, 1.82) is 0 Å². The van der Waals surface area contributed by atoms with Crippen molar-refractivity contribution < 1.29 is 12.8 Å². The van der Waals surface area contributed by atoms with Gasteiger partial charge in [-0.05, 0) is 35.3 Å². The number of nitrogens with two attached hydrogens (primary N) is 1. The minimum atomic E-state index is -3.95. The lowest BCUT2D eigenvalue weighted by Crippen LogP contribution is -2.35. The summed E-state index contributed by atoms with van der Waals surface area (Å²) >= 11 is 8.89. The first-order chi connectivity index (χ1) is 9.25. The van der Waals surface area contributed by atoms with E-state index in [4.69, 9.17) is 17.3 Å². The highest BCUT2D eigenvalue weighted by molar-refractivity contribution is 9.10. The van der Waals surface area contributed by atoms with Crippen molar-refractivity contribution in [3.63, 3.8) is 0 Å². The van der Waals surface area contributed by atoms with Crippen molar-refractivity contribution in [3.05, 3.63) is 33.0 Å². The fourth-order valence-electron chi connectivity index (χ4n) is 1.90. The molecule has 0 aliphatic carbocycles. The molecule has 0 spiro atoms. The maximum Gasteiger partial charge on any atom is 0.246 e. The molecular formula is C12H13BrClFN2O2S. The quantitative estimate of drug-likeness (QED) is 0.485. The number of hydrogen-bond donors (Lipinski definition) is 1. The van der Waals surface area contributed by atoms with Crippen molar-refractivity contribution in [2.45, 2.75) is 18.2 Å². The second-order valence-electron chi connectivity index (χ2n) is 4.56. The number of nitrogens with zero attached hydrogens (tertiary/aromatic N) is 1. The molecule has 0 saturated carbocycles. The first kappa shape index (κ1) is 15.8. The van der Waals surface area contributed by atoms with Crippen LogP contribution in [0.3, 0.4) is 0 Å². The van der Waals surface area contributed by atoms with Gasteiger partial charge >= 0.3 is 0 Å². The van der Waals surface area contributed by atoms with Crippen molar-refractivity contribution in [3.8, 4) is 0 Å². The van der Waals surface area contributed by atoms with E-state index < -0.39 is 20.7 Å². The fraction of sp³-hybridized carbons (Fsp3) is 0.333. The predicted molar refractivity (Wildman–Crippen MR) is 80.7 cm³/mol. The summed E-state index contributed by atoms with van der Waals surface area (Å²) < 4.78 is 40.4. The molecule has 0 atom stereocenters. The highest BCUT2D eigenvalue weighted by Crippen LogP contribution is 2.36. The van der Waals surface area contributed by atoms with Gasteiger partial charge in [0.15, 0.2) is 5.82 Å². The SMILES string of the molecule is CC1=CCN(S(=O)(=O)c2cc(Cl)c(Br)c(N)c2F)CC1. The number of nitrogen functional groups attached to an aromatic ring is 1. The van der Waals surface area contributed by atoms with E-state index in [0.29, 0.717) is 13.0 Å². The summed E-state index contributed by atoms with van der Waals surface area (Å²) in [4.78, 5) is -0.490. The highest BCUT2D eigenvalue weighted by Gasteiger charge is 2.30. The van der Waals surface area contributed by atoms with Crippen molar-refractivity contribution in [1.82, 2.24) is 4.31 Å². The average Bonchev–Trinajstić information content (AvgIpc) is 2.41. The number of benzene rings is 1. The molecule has 0 amide bonds. The van der Waals surface area contributed by atoms with Crippen LogP contribution in [0.25, 0.3) is 0 Å². The second kappa shape index (κ2) is 5.63. The number of sulfonamides is 1. The lowest BCUT2D eigenvalue weighted by molar-refractivity contribution is 0.427. The first-order valence-electron chi connectivity index (χ1n) is 5.84. The Morgan fingerprint density at radius 1 is 1.50 bits per heavy atom. The van der Waals surface area contributed by atoms with Gasteiger partial charge in [-0.15, -0.1) is 0 Å². The largest absolute Gasteiger partial charge is 0.395 e. The van der Waals surface area contributed by atoms with Crippen molar-refractivity contribution in [2.24, 2.45) is 0 Å². The zero-order valence-corrected chi connectivity index (χ0v) is 13.8. The smallest absolute Gasteiger partial charge is 0.246 e. The van der Waals surface area contributed by atoms with Gasteiger partial charge in [0, 0.05) is 13.1 Å². The molecule has 1 aromatic rings. The summed E-state index contributed by atoms with van der Waals surface area (Å²) in [6.45, 7) is 2.47. The molecule has 0 radical (unpaired) electrons. The Morgan fingerprint density at radius 3 is 2.70 bits per heavy atom. The average molecular weight is 384 g/mol. The van der Waals surface area contributed by atoms with E-state index in [9.17, 15) is 12.8 Å². The van der Waals surface area contributed by atoms with Gasteiger partial charge in [0.25, 0.3) is 0 Å². The third-order valence-corrected chi connectivity index (χ3v) is 6.42. The van der Waals surface area contributed by atoms with Crippen LogP contribution in [0.4, 0.5) is 10.1 Å². The van der Waals surface area contributed by atoms with E-state index in [1.54, 1.807) is 0 Å². The van der Waals surface area contributed by atoms with Gasteiger partial charge in [0.2, 0.25) is 10.0 Å². The van der Waals surface area contributed by atoms with E-state index >= 15 is 0 Å². The molecule has 1 aliphatic rings. The van der Waals surface area contributed by atoms with E-state index in [1.807, 2.05) is 13.0 Å². The number of rotatable bonds is 2. The van der Waals surface area contributed by atoms with Crippen molar-refractivity contribution >= 4 is 43.2 Å². The van der Waals surface area contributed by atoms with E-state index in [-0.39, 0.29) is 21.7 Å². The molecule has 8 heteroatoms. The van der Waals surface area contributed by atoms with Gasteiger partial charge in [-0.2, -0.15) is 4.31 Å². The molecule has 0 saturated heterocycles. The van der Waals surface area contributed by atoms with Gasteiger partial charge in [0.1, 0.15) is 4.90 Å². The molecular weight excluding hydrogens is 371 g/mol. The fourth-order valence-corrected chi connectivity index (χ4v) is 3.94. The molecule has 1 heterocycles. The number of halogens is 3. The van der Waals surface area contributed by atoms with Gasteiger partial charge in [0.05, 0.1) is 15.2 Å². The summed E-state index contributed by atoms with van der Waals surface area (Å²) in [6.07, 6.45) is 2.43. The van der Waals surface area contributed by atoms with Gasteiger partial charge in [-0.25, -0.2) is 12.8 Å². The predicted octanol–water partition coefficient (Wildman–Crippen LogP) is 3.16. The lowest BCUT2D eigenvalue weighted by Gasteiger charge is -2.25. The normalized spacial score (nSPS) is 17.1. The van der Waals surface area contributed by atoms with Gasteiger partial charge < -0.3 is 5.73 Å². The summed E-state index contributed by atoms with van der Waals surface area (Å²) in [7, 11) is -3.95. The first-order valence-corrected chi connectivity index (χ1v) is 8.45. The molecule has 4 nitrogen and oxygen atoms in total. The minimum Gasteiger partial charge on any atom is -0.395 e. The topological polar surface area (TPSA) is 63.4 Å². The van der Waals surface area contributed by atoms with Crippen LogP contribution in [-0.2, 0) is 10.0 Å². The maximum absolute atomic E-state index is 14.1. The number of anilines is 1. The Hall–Kier alpha value is -0.630. The molecule has 1 aromatic carbocycles. The molecule has 110 valence electrons. The molecule has 0 bridgehead atoms. The van der Waals surface area contributed by atoms with E-state index in [2.05, 4.69) is 15.9 Å². The highest BCUT2D eigenvalue weighted by atomic mass is 79.9. The third kappa shape index (κ3) is 2.72. The van der Waals surface area contributed by atoms with Gasteiger partial charge in [-0.1, -0.05) is 23.3 Å². The minimum absolute atomic E-state index is 0.0613. The number of hydrogen-bond acceptors (Lipinski definition) is 3. The zero-order chi connectivity index (χ0) is 15.1. The zero-order valence-electron chi connectivity index (χ0n) is 10.7. The molecule has 1 aliphatic heterocycles. The van der Waals surface area contributed by atoms with Crippen LogP contribution < -0.4 is 5.73 Å². The third-order valence-electron chi connectivity index (χ3n) is 3.17. The summed E-state index contributed by atoms with van der Waals surface area (Å²) in [5.41, 5.74) is 6.34. The maximum atomic E-state index is 14.1. The summed E-state index contributed by atoms with van der Waals surface area (Å²) in [6, 6.07) is 1.08. The standard InChI is InChI=1S/C12H13BrClFN2O2S/c1-7-2-4-17(5-3-7)20(18,19)9-6-8(14)10(13)12(16)11(9)15/h2,6H,3-5,16H2,1H3. The molecule has 0 fully saturated rings. The monoisotopic (exact) mass is 382 g/mol. The molecule has 0 aromatic heterocycles. The van der Waals surface area contributed by atoms with E-state index in [1.165, 1.54) is 4.31 Å². The molecule has 2 rings (SSSR count). The lowest BCUT2D eigenvalue weighted by atomic mass is 10.1. The summed E-state index contributed by atoms with van der Waals surface area (Å²) in [5.74, 6) is -0.979. The Bertz CT molecular complexity index is 691.